The van der Waals surface area contributed by atoms with Crippen molar-refractivity contribution in [2.75, 3.05) is 0 Å². The summed E-state index contributed by atoms with van der Waals surface area (Å²) in [6.45, 7) is 3.02. The lowest BCUT2D eigenvalue weighted by atomic mass is 9.89. The maximum atomic E-state index is 11.0. The third-order valence-corrected chi connectivity index (χ3v) is 6.46. The number of aromatic nitrogens is 1. The van der Waals surface area contributed by atoms with E-state index in [1.807, 2.05) is 24.3 Å². The molecule has 0 radical (unpaired) electrons. The molecule has 0 aliphatic heterocycles. The van der Waals surface area contributed by atoms with Gasteiger partial charge in [-0.3, -0.25) is 10.1 Å². The number of nitrogens with zero attached hydrogens (tertiary/aromatic N) is 3. The second-order valence-corrected chi connectivity index (χ2v) is 8.61. The van der Waals surface area contributed by atoms with Gasteiger partial charge in [-0.2, -0.15) is 0 Å². The van der Waals surface area contributed by atoms with Gasteiger partial charge in [0, 0.05) is 24.1 Å². The summed E-state index contributed by atoms with van der Waals surface area (Å²) >= 11 is 1.63. The van der Waals surface area contributed by atoms with Crippen LogP contribution in [0.3, 0.4) is 0 Å². The fourth-order valence-electron chi connectivity index (χ4n) is 3.94. The summed E-state index contributed by atoms with van der Waals surface area (Å²) < 4.78 is 2.31. The second-order valence-electron chi connectivity index (χ2n) is 7.77. The molecule has 0 atom stereocenters. The van der Waals surface area contributed by atoms with Gasteiger partial charge in [0.1, 0.15) is 0 Å². The quantitative estimate of drug-likeness (QED) is 0.371. The van der Waals surface area contributed by atoms with E-state index in [9.17, 15) is 10.1 Å². The fourth-order valence-corrected chi connectivity index (χ4v) is 4.88. The average Bonchev–Trinajstić information content (AvgIpc) is 3.12. The van der Waals surface area contributed by atoms with Crippen LogP contribution in [0.25, 0.3) is 11.3 Å². The Labute approximate surface area is 174 Å². The van der Waals surface area contributed by atoms with E-state index in [2.05, 4.69) is 29.0 Å². The topological polar surface area (TPSA) is 60.4 Å². The van der Waals surface area contributed by atoms with Gasteiger partial charge in [0.25, 0.3) is 5.69 Å². The summed E-state index contributed by atoms with van der Waals surface area (Å²) in [5.41, 5.74) is 4.36. The van der Waals surface area contributed by atoms with Crippen LogP contribution in [-0.4, -0.2) is 9.49 Å². The van der Waals surface area contributed by atoms with Crippen molar-refractivity contribution >= 4 is 22.7 Å². The molecule has 0 amide bonds. The summed E-state index contributed by atoms with van der Waals surface area (Å²) in [6.07, 6.45) is 6.44. The molecule has 0 N–H and O–H groups in total. The van der Waals surface area contributed by atoms with Gasteiger partial charge in [-0.25, -0.2) is 4.99 Å². The Morgan fingerprint density at radius 1 is 1.07 bits per heavy atom. The monoisotopic (exact) mass is 407 g/mol. The molecule has 3 aromatic rings. The largest absolute Gasteiger partial charge is 0.316 e. The van der Waals surface area contributed by atoms with Crippen molar-refractivity contribution in [1.29, 1.82) is 0 Å². The molecule has 2 aromatic carbocycles. The number of nitro groups is 1. The standard InChI is InChI=1S/C23H25N3O2S/c1-17-7-11-20(12-8-17)24-23-25(15-18-5-3-2-4-6-18)22(16-29-23)19-9-13-21(14-10-19)26(27)28/h7-14,16,18H,2-6,15H2,1H3. The smallest absolute Gasteiger partial charge is 0.269 e. The van der Waals surface area contributed by atoms with E-state index in [4.69, 9.17) is 4.99 Å². The maximum absolute atomic E-state index is 11.0. The average molecular weight is 408 g/mol. The minimum atomic E-state index is -0.356. The number of aryl methyl sites for hydroxylation is 1. The third kappa shape index (κ3) is 4.65. The van der Waals surface area contributed by atoms with E-state index in [1.54, 1.807) is 23.5 Å². The number of hydrogen-bond donors (Lipinski definition) is 0. The van der Waals surface area contributed by atoms with E-state index in [0.717, 1.165) is 28.3 Å². The van der Waals surface area contributed by atoms with Crippen LogP contribution in [0.1, 0.15) is 37.7 Å². The number of rotatable bonds is 5. The number of non-ortho nitro benzene ring substituents is 1. The molecule has 1 fully saturated rings. The molecule has 1 saturated carbocycles. The van der Waals surface area contributed by atoms with Crippen molar-refractivity contribution in [3.8, 4) is 11.3 Å². The van der Waals surface area contributed by atoms with E-state index in [-0.39, 0.29) is 10.6 Å². The Kier molecular flexibility index (Phi) is 5.90. The maximum Gasteiger partial charge on any atom is 0.269 e. The van der Waals surface area contributed by atoms with Crippen molar-refractivity contribution in [3.05, 3.63) is 74.4 Å². The third-order valence-electron chi connectivity index (χ3n) is 5.60. The highest BCUT2D eigenvalue weighted by Gasteiger charge is 2.18. The number of benzene rings is 2. The first-order chi connectivity index (χ1) is 14.1. The van der Waals surface area contributed by atoms with Gasteiger partial charge in [-0.1, -0.05) is 37.0 Å². The van der Waals surface area contributed by atoms with E-state index < -0.39 is 0 Å². The van der Waals surface area contributed by atoms with E-state index in [1.165, 1.54) is 37.7 Å². The van der Waals surface area contributed by atoms with Crippen molar-refractivity contribution in [3.63, 3.8) is 0 Å². The Morgan fingerprint density at radius 3 is 2.41 bits per heavy atom. The van der Waals surface area contributed by atoms with Gasteiger partial charge in [-0.05, 0) is 55.5 Å². The summed E-state index contributed by atoms with van der Waals surface area (Å²) in [6, 6.07) is 15.1. The molecule has 0 saturated heterocycles. The first-order valence-electron chi connectivity index (χ1n) is 10.1. The first kappa shape index (κ1) is 19.6. The zero-order chi connectivity index (χ0) is 20.2. The van der Waals surface area contributed by atoms with Crippen LogP contribution in [0.2, 0.25) is 0 Å². The predicted octanol–water partition coefficient (Wildman–Crippen LogP) is 6.25. The van der Waals surface area contributed by atoms with E-state index in [0.29, 0.717) is 5.92 Å². The zero-order valence-electron chi connectivity index (χ0n) is 16.6. The van der Waals surface area contributed by atoms with Crippen LogP contribution < -0.4 is 4.80 Å². The summed E-state index contributed by atoms with van der Waals surface area (Å²) in [4.78, 5) is 16.5. The van der Waals surface area contributed by atoms with Gasteiger partial charge in [0.05, 0.1) is 16.3 Å². The molecule has 0 unspecified atom stereocenters. The molecule has 4 rings (SSSR count). The molecule has 150 valence electrons. The Hall–Kier alpha value is -2.73. The predicted molar refractivity (Wildman–Crippen MR) is 117 cm³/mol. The first-order valence-corrected chi connectivity index (χ1v) is 11.0. The molecule has 1 aliphatic rings. The SMILES string of the molecule is Cc1ccc(N=c2scc(-c3ccc([N+](=O)[O-])cc3)n2CC2CCCCC2)cc1. The van der Waals surface area contributed by atoms with Gasteiger partial charge in [0.2, 0.25) is 0 Å². The molecule has 0 spiro atoms. The van der Waals surface area contributed by atoms with E-state index >= 15 is 0 Å². The molecule has 1 aromatic heterocycles. The molecule has 0 bridgehead atoms. The van der Waals surface area contributed by atoms with Crippen LogP contribution >= 0.6 is 11.3 Å². The van der Waals surface area contributed by atoms with Gasteiger partial charge >= 0.3 is 0 Å². The summed E-state index contributed by atoms with van der Waals surface area (Å²) in [7, 11) is 0. The van der Waals surface area contributed by atoms with Crippen LogP contribution in [0, 0.1) is 23.0 Å². The molecule has 6 heteroatoms. The lowest BCUT2D eigenvalue weighted by Gasteiger charge is -2.23. The van der Waals surface area contributed by atoms with Crippen LogP contribution in [-0.2, 0) is 6.54 Å². The normalized spacial score (nSPS) is 15.6. The molecular weight excluding hydrogens is 382 g/mol. The van der Waals surface area contributed by atoms with Crippen LogP contribution in [0.15, 0.2) is 58.9 Å². The van der Waals surface area contributed by atoms with Crippen LogP contribution in [0.5, 0.6) is 0 Å². The minimum absolute atomic E-state index is 0.118. The summed E-state index contributed by atoms with van der Waals surface area (Å²) in [5, 5.41) is 13.1. The fraction of sp³-hybridized carbons (Fsp3) is 0.348. The molecule has 1 aliphatic carbocycles. The highest BCUT2D eigenvalue weighted by Crippen LogP contribution is 2.29. The molecule has 5 nitrogen and oxygen atoms in total. The highest BCUT2D eigenvalue weighted by molar-refractivity contribution is 7.07. The molecule has 1 heterocycles. The summed E-state index contributed by atoms with van der Waals surface area (Å²) in [5.74, 6) is 0.659. The molecule has 29 heavy (non-hydrogen) atoms. The minimum Gasteiger partial charge on any atom is -0.316 e. The Balaban J connectivity index is 1.75. The Bertz CT molecular complexity index is 1040. The molecular formula is C23H25N3O2S. The van der Waals surface area contributed by atoms with Crippen molar-refractivity contribution in [1.82, 2.24) is 4.57 Å². The number of thiazole rings is 1. The van der Waals surface area contributed by atoms with Crippen molar-refractivity contribution < 1.29 is 4.92 Å². The van der Waals surface area contributed by atoms with Crippen molar-refractivity contribution in [2.24, 2.45) is 10.9 Å². The second kappa shape index (κ2) is 8.74. The zero-order valence-corrected chi connectivity index (χ0v) is 17.4. The lowest BCUT2D eigenvalue weighted by molar-refractivity contribution is -0.384. The Morgan fingerprint density at radius 2 is 1.76 bits per heavy atom. The van der Waals surface area contributed by atoms with Gasteiger partial charge < -0.3 is 4.57 Å². The number of nitro benzene ring substituents is 1. The van der Waals surface area contributed by atoms with Crippen LogP contribution in [0.4, 0.5) is 11.4 Å². The van der Waals surface area contributed by atoms with Gasteiger partial charge in [-0.15, -0.1) is 11.3 Å². The lowest BCUT2D eigenvalue weighted by Crippen LogP contribution is -2.22. The number of hydrogen-bond acceptors (Lipinski definition) is 4. The van der Waals surface area contributed by atoms with Crippen molar-refractivity contribution in [2.45, 2.75) is 45.6 Å². The van der Waals surface area contributed by atoms with Gasteiger partial charge in [0.15, 0.2) is 4.80 Å². The highest BCUT2D eigenvalue weighted by atomic mass is 32.1.